The van der Waals surface area contributed by atoms with Crippen LogP contribution in [-0.2, 0) is 12.8 Å². The van der Waals surface area contributed by atoms with Crippen LogP contribution >= 0.6 is 11.3 Å². The van der Waals surface area contributed by atoms with E-state index < -0.39 is 0 Å². The molecule has 2 heterocycles. The van der Waals surface area contributed by atoms with Crippen molar-refractivity contribution in [2.24, 2.45) is 0 Å². The van der Waals surface area contributed by atoms with E-state index in [4.69, 9.17) is 0 Å². The molecule has 0 bridgehead atoms. The lowest BCUT2D eigenvalue weighted by Gasteiger charge is -2.06. The summed E-state index contributed by atoms with van der Waals surface area (Å²) in [5, 5.41) is 7.23. The molecule has 0 radical (unpaired) electrons. The standard InChI is InChI=1S/C13H19N5S/c1-4-15-12-7-9(2)17-11(18-12)6-5-10-8-16-13(14-3)19-10/h7-8H,4-6H2,1-3H3,(H,14,16)(H,15,17,18). The summed E-state index contributed by atoms with van der Waals surface area (Å²) in [4.78, 5) is 14.5. The van der Waals surface area contributed by atoms with E-state index in [1.807, 2.05) is 26.2 Å². The number of thiazole rings is 1. The van der Waals surface area contributed by atoms with E-state index >= 15 is 0 Å². The number of nitrogens with one attached hydrogen (secondary N) is 2. The number of hydrogen-bond donors (Lipinski definition) is 2. The van der Waals surface area contributed by atoms with Crippen molar-refractivity contribution in [3.63, 3.8) is 0 Å². The molecule has 0 amide bonds. The number of hydrogen-bond acceptors (Lipinski definition) is 6. The molecule has 2 aromatic rings. The van der Waals surface area contributed by atoms with Crippen molar-refractivity contribution < 1.29 is 0 Å². The maximum Gasteiger partial charge on any atom is 0.182 e. The summed E-state index contributed by atoms with van der Waals surface area (Å²) in [6.07, 6.45) is 3.68. The third-order valence-corrected chi connectivity index (χ3v) is 3.70. The third-order valence-electron chi connectivity index (χ3n) is 2.62. The Bertz CT molecular complexity index is 538. The Morgan fingerprint density at radius 1 is 1.26 bits per heavy atom. The van der Waals surface area contributed by atoms with Crippen LogP contribution in [0.5, 0.6) is 0 Å². The van der Waals surface area contributed by atoms with Crippen LogP contribution in [0.3, 0.4) is 0 Å². The second kappa shape index (κ2) is 6.47. The molecule has 102 valence electrons. The molecule has 0 aromatic carbocycles. The predicted octanol–water partition coefficient (Wildman–Crippen LogP) is 2.50. The van der Waals surface area contributed by atoms with Gasteiger partial charge in [0, 0.05) is 42.8 Å². The first-order chi connectivity index (χ1) is 9.21. The zero-order chi connectivity index (χ0) is 13.7. The molecule has 2 rings (SSSR count). The van der Waals surface area contributed by atoms with Crippen LogP contribution in [0.1, 0.15) is 23.3 Å². The van der Waals surface area contributed by atoms with Crippen molar-refractivity contribution in [3.8, 4) is 0 Å². The highest BCUT2D eigenvalue weighted by Gasteiger charge is 2.05. The van der Waals surface area contributed by atoms with Gasteiger partial charge in [0.1, 0.15) is 11.6 Å². The maximum atomic E-state index is 4.51. The van der Waals surface area contributed by atoms with Gasteiger partial charge < -0.3 is 10.6 Å². The average molecular weight is 277 g/mol. The molecule has 0 aliphatic heterocycles. The Labute approximate surface area is 117 Å². The summed E-state index contributed by atoms with van der Waals surface area (Å²) in [6.45, 7) is 4.93. The molecule has 0 spiro atoms. The minimum absolute atomic E-state index is 0.839. The largest absolute Gasteiger partial charge is 0.370 e. The highest BCUT2D eigenvalue weighted by molar-refractivity contribution is 7.15. The van der Waals surface area contributed by atoms with Gasteiger partial charge in [0.2, 0.25) is 0 Å². The Morgan fingerprint density at radius 3 is 2.79 bits per heavy atom. The Balaban J connectivity index is 2.02. The van der Waals surface area contributed by atoms with E-state index in [1.165, 1.54) is 4.88 Å². The molecule has 0 unspecified atom stereocenters. The van der Waals surface area contributed by atoms with E-state index in [0.717, 1.165) is 41.9 Å². The molecule has 0 fully saturated rings. The maximum absolute atomic E-state index is 4.51. The molecule has 0 atom stereocenters. The smallest absolute Gasteiger partial charge is 0.182 e. The molecule has 2 N–H and O–H groups in total. The van der Waals surface area contributed by atoms with Crippen LogP contribution in [0, 0.1) is 6.92 Å². The molecule has 2 aromatic heterocycles. The van der Waals surface area contributed by atoms with Crippen molar-refractivity contribution >= 4 is 22.3 Å². The molecular weight excluding hydrogens is 258 g/mol. The van der Waals surface area contributed by atoms with E-state index in [1.54, 1.807) is 11.3 Å². The van der Waals surface area contributed by atoms with Crippen molar-refractivity contribution in [3.05, 3.63) is 28.7 Å². The second-order valence-corrected chi connectivity index (χ2v) is 5.34. The summed E-state index contributed by atoms with van der Waals surface area (Å²) in [6, 6.07) is 1.97. The lowest BCUT2D eigenvalue weighted by molar-refractivity contribution is 0.853. The van der Waals surface area contributed by atoms with Gasteiger partial charge in [-0.1, -0.05) is 0 Å². The highest BCUT2D eigenvalue weighted by Crippen LogP contribution is 2.19. The van der Waals surface area contributed by atoms with Crippen LogP contribution in [0.4, 0.5) is 10.9 Å². The number of aryl methyl sites for hydroxylation is 3. The summed E-state index contributed by atoms with van der Waals surface area (Å²) in [7, 11) is 1.88. The van der Waals surface area contributed by atoms with E-state index in [-0.39, 0.29) is 0 Å². The molecule has 0 aliphatic carbocycles. The van der Waals surface area contributed by atoms with Gasteiger partial charge in [-0.2, -0.15) is 0 Å². The minimum Gasteiger partial charge on any atom is -0.370 e. The fraction of sp³-hybridized carbons (Fsp3) is 0.462. The first kappa shape index (κ1) is 13.7. The van der Waals surface area contributed by atoms with Gasteiger partial charge in [0.05, 0.1) is 0 Å². The average Bonchev–Trinajstić information content (AvgIpc) is 2.84. The molecule has 0 saturated heterocycles. The fourth-order valence-corrected chi connectivity index (χ4v) is 2.55. The first-order valence-corrected chi connectivity index (χ1v) is 7.23. The zero-order valence-corrected chi connectivity index (χ0v) is 12.3. The first-order valence-electron chi connectivity index (χ1n) is 6.42. The summed E-state index contributed by atoms with van der Waals surface area (Å²) in [5.74, 6) is 1.79. The Kier molecular flexibility index (Phi) is 4.68. The molecule has 0 aliphatic rings. The van der Waals surface area contributed by atoms with E-state index in [2.05, 4.69) is 32.5 Å². The minimum atomic E-state index is 0.839. The van der Waals surface area contributed by atoms with Gasteiger partial charge >= 0.3 is 0 Å². The molecule has 19 heavy (non-hydrogen) atoms. The van der Waals surface area contributed by atoms with Crippen LogP contribution in [-0.4, -0.2) is 28.5 Å². The van der Waals surface area contributed by atoms with Crippen molar-refractivity contribution in [2.45, 2.75) is 26.7 Å². The van der Waals surface area contributed by atoms with E-state index in [9.17, 15) is 0 Å². The number of rotatable bonds is 6. The Hall–Kier alpha value is -1.69. The molecule has 0 saturated carbocycles. The molecular formula is C13H19N5S. The monoisotopic (exact) mass is 277 g/mol. The van der Waals surface area contributed by atoms with Gasteiger partial charge in [-0.05, 0) is 20.3 Å². The number of aromatic nitrogens is 3. The second-order valence-electron chi connectivity index (χ2n) is 4.22. The number of anilines is 2. The number of nitrogens with zero attached hydrogens (tertiary/aromatic N) is 3. The third kappa shape index (κ3) is 3.89. The quantitative estimate of drug-likeness (QED) is 0.849. The van der Waals surface area contributed by atoms with Gasteiger partial charge in [-0.15, -0.1) is 11.3 Å². The van der Waals surface area contributed by atoms with Gasteiger partial charge in [0.15, 0.2) is 5.13 Å². The van der Waals surface area contributed by atoms with Gasteiger partial charge in [-0.3, -0.25) is 0 Å². The summed E-state index contributed by atoms with van der Waals surface area (Å²) in [5.41, 5.74) is 1.00. The topological polar surface area (TPSA) is 62.7 Å². The van der Waals surface area contributed by atoms with Crippen LogP contribution < -0.4 is 10.6 Å². The van der Waals surface area contributed by atoms with Crippen LogP contribution in [0.15, 0.2) is 12.3 Å². The Morgan fingerprint density at radius 2 is 2.11 bits per heavy atom. The predicted molar refractivity (Wildman–Crippen MR) is 80.0 cm³/mol. The van der Waals surface area contributed by atoms with Gasteiger partial charge in [-0.25, -0.2) is 15.0 Å². The van der Waals surface area contributed by atoms with Crippen LogP contribution in [0.2, 0.25) is 0 Å². The lowest BCUT2D eigenvalue weighted by atomic mass is 10.2. The van der Waals surface area contributed by atoms with Crippen molar-refractivity contribution in [2.75, 3.05) is 24.2 Å². The van der Waals surface area contributed by atoms with Crippen molar-refractivity contribution in [1.29, 1.82) is 0 Å². The lowest BCUT2D eigenvalue weighted by Crippen LogP contribution is -2.05. The highest BCUT2D eigenvalue weighted by atomic mass is 32.1. The summed E-state index contributed by atoms with van der Waals surface area (Å²) < 4.78 is 0. The fourth-order valence-electron chi connectivity index (χ4n) is 1.79. The van der Waals surface area contributed by atoms with E-state index in [0.29, 0.717) is 0 Å². The summed E-state index contributed by atoms with van der Waals surface area (Å²) >= 11 is 1.68. The normalized spacial score (nSPS) is 10.5. The SMILES string of the molecule is CCNc1cc(C)nc(CCc2cnc(NC)s2)n1. The van der Waals surface area contributed by atoms with Gasteiger partial charge in [0.25, 0.3) is 0 Å². The molecule has 5 nitrogen and oxygen atoms in total. The van der Waals surface area contributed by atoms with Crippen molar-refractivity contribution in [1.82, 2.24) is 15.0 Å². The molecule has 6 heteroatoms. The van der Waals surface area contributed by atoms with Crippen LogP contribution in [0.25, 0.3) is 0 Å². The zero-order valence-electron chi connectivity index (χ0n) is 11.5.